The van der Waals surface area contributed by atoms with Gasteiger partial charge in [0.25, 0.3) is 0 Å². The van der Waals surface area contributed by atoms with Gasteiger partial charge in [-0.05, 0) is 44.3 Å². The average Bonchev–Trinajstić information content (AvgIpc) is 2.45. The molecule has 0 unspecified atom stereocenters. The molecule has 0 heterocycles. The molecule has 0 saturated heterocycles. The molecule has 0 radical (unpaired) electrons. The Morgan fingerprint density at radius 3 is 2.43 bits per heavy atom. The summed E-state index contributed by atoms with van der Waals surface area (Å²) in [6.07, 6.45) is 1.35. The monoisotopic (exact) mass is 310 g/mol. The standard InChI is InChI=1S/C16H23ClN2O2/c1-4-19(5-2)10-6-7-16(21)13-8-9-15(14(17)11-13)18-12(3)20/h8-9,11H,4-7,10H2,1-3H3,(H,18,20). The molecule has 0 saturated carbocycles. The molecule has 1 rings (SSSR count). The van der Waals surface area contributed by atoms with Crippen LogP contribution < -0.4 is 5.32 Å². The van der Waals surface area contributed by atoms with E-state index in [2.05, 4.69) is 24.1 Å². The van der Waals surface area contributed by atoms with E-state index < -0.39 is 0 Å². The summed E-state index contributed by atoms with van der Waals surface area (Å²) in [5, 5.41) is 3.01. The van der Waals surface area contributed by atoms with Crippen molar-refractivity contribution >= 4 is 29.0 Å². The molecule has 0 atom stereocenters. The van der Waals surface area contributed by atoms with Gasteiger partial charge in [-0.1, -0.05) is 25.4 Å². The van der Waals surface area contributed by atoms with Gasteiger partial charge in [0, 0.05) is 18.9 Å². The zero-order valence-electron chi connectivity index (χ0n) is 12.9. The third-order valence-corrected chi connectivity index (χ3v) is 3.69. The zero-order valence-corrected chi connectivity index (χ0v) is 13.7. The Balaban J connectivity index is 2.58. The molecule has 0 fully saturated rings. The van der Waals surface area contributed by atoms with E-state index in [9.17, 15) is 9.59 Å². The van der Waals surface area contributed by atoms with Crippen LogP contribution in [-0.2, 0) is 4.79 Å². The summed E-state index contributed by atoms with van der Waals surface area (Å²) in [5.74, 6) is -0.103. The third-order valence-electron chi connectivity index (χ3n) is 3.37. The lowest BCUT2D eigenvalue weighted by molar-refractivity contribution is -0.114. The molecule has 0 bridgehead atoms. The van der Waals surface area contributed by atoms with Crippen LogP contribution >= 0.6 is 11.6 Å². The minimum atomic E-state index is -0.185. The SMILES string of the molecule is CCN(CC)CCCC(=O)c1ccc(NC(C)=O)c(Cl)c1. The number of benzene rings is 1. The highest BCUT2D eigenvalue weighted by Gasteiger charge is 2.10. The van der Waals surface area contributed by atoms with Crippen LogP contribution in [-0.4, -0.2) is 36.2 Å². The van der Waals surface area contributed by atoms with Crippen molar-refractivity contribution in [1.82, 2.24) is 4.90 Å². The zero-order chi connectivity index (χ0) is 15.8. The molecule has 1 amide bonds. The Hall–Kier alpha value is -1.39. The summed E-state index contributed by atoms with van der Waals surface area (Å²) in [6, 6.07) is 4.99. The number of amides is 1. The van der Waals surface area contributed by atoms with Crippen molar-refractivity contribution in [2.75, 3.05) is 25.0 Å². The van der Waals surface area contributed by atoms with Crippen LogP contribution in [0.15, 0.2) is 18.2 Å². The number of nitrogens with one attached hydrogen (secondary N) is 1. The Morgan fingerprint density at radius 1 is 1.24 bits per heavy atom. The number of anilines is 1. The molecule has 0 aliphatic rings. The predicted molar refractivity (Wildman–Crippen MR) is 87.1 cm³/mol. The fraction of sp³-hybridized carbons (Fsp3) is 0.500. The molecule has 0 aliphatic carbocycles. The lowest BCUT2D eigenvalue weighted by Gasteiger charge is -2.17. The first-order valence-electron chi connectivity index (χ1n) is 7.30. The molecule has 116 valence electrons. The molecule has 5 heteroatoms. The van der Waals surface area contributed by atoms with Crippen molar-refractivity contribution in [1.29, 1.82) is 0 Å². The van der Waals surface area contributed by atoms with E-state index in [0.29, 0.717) is 22.7 Å². The molecule has 0 spiro atoms. The van der Waals surface area contributed by atoms with Gasteiger partial charge in [0.2, 0.25) is 5.91 Å². The van der Waals surface area contributed by atoms with E-state index in [0.717, 1.165) is 26.1 Å². The highest BCUT2D eigenvalue weighted by atomic mass is 35.5. The van der Waals surface area contributed by atoms with Crippen LogP contribution in [0.25, 0.3) is 0 Å². The molecule has 0 aromatic heterocycles. The second kappa shape index (κ2) is 8.80. The summed E-state index contributed by atoms with van der Waals surface area (Å²) < 4.78 is 0. The second-order valence-corrected chi connectivity index (χ2v) is 5.34. The molecule has 1 aromatic carbocycles. The van der Waals surface area contributed by atoms with Crippen molar-refractivity contribution in [2.24, 2.45) is 0 Å². The van der Waals surface area contributed by atoms with E-state index in [1.807, 2.05) is 0 Å². The smallest absolute Gasteiger partial charge is 0.221 e. The van der Waals surface area contributed by atoms with Gasteiger partial charge in [-0.25, -0.2) is 0 Å². The van der Waals surface area contributed by atoms with Crippen LogP contribution in [0.1, 0.15) is 44.0 Å². The minimum absolute atomic E-state index is 0.0819. The topological polar surface area (TPSA) is 49.4 Å². The first kappa shape index (κ1) is 17.7. The molecule has 1 N–H and O–H groups in total. The maximum Gasteiger partial charge on any atom is 0.221 e. The van der Waals surface area contributed by atoms with Crippen LogP contribution in [0.5, 0.6) is 0 Å². The molecule has 1 aromatic rings. The van der Waals surface area contributed by atoms with E-state index in [-0.39, 0.29) is 11.7 Å². The first-order valence-corrected chi connectivity index (χ1v) is 7.68. The van der Waals surface area contributed by atoms with Gasteiger partial charge in [0.05, 0.1) is 10.7 Å². The number of hydrogen-bond donors (Lipinski definition) is 1. The highest BCUT2D eigenvalue weighted by Crippen LogP contribution is 2.23. The van der Waals surface area contributed by atoms with Crippen LogP contribution in [0.4, 0.5) is 5.69 Å². The summed E-state index contributed by atoms with van der Waals surface area (Å²) in [6.45, 7) is 8.58. The van der Waals surface area contributed by atoms with Crippen molar-refractivity contribution in [2.45, 2.75) is 33.6 Å². The van der Waals surface area contributed by atoms with Crippen molar-refractivity contribution in [3.8, 4) is 0 Å². The van der Waals surface area contributed by atoms with Gasteiger partial charge in [-0.2, -0.15) is 0 Å². The van der Waals surface area contributed by atoms with Gasteiger partial charge in [0.15, 0.2) is 5.78 Å². The van der Waals surface area contributed by atoms with Gasteiger partial charge >= 0.3 is 0 Å². The van der Waals surface area contributed by atoms with Crippen LogP contribution in [0.3, 0.4) is 0 Å². The molecule has 4 nitrogen and oxygen atoms in total. The number of Topliss-reactive ketones (excluding diaryl/α,β-unsaturated/α-hetero) is 1. The van der Waals surface area contributed by atoms with E-state index in [1.54, 1.807) is 18.2 Å². The van der Waals surface area contributed by atoms with Gasteiger partial charge in [-0.15, -0.1) is 0 Å². The number of carbonyl (C=O) groups is 2. The van der Waals surface area contributed by atoms with Gasteiger partial charge < -0.3 is 10.2 Å². The molecular formula is C16H23ClN2O2. The normalized spacial score (nSPS) is 10.7. The summed E-state index contributed by atoms with van der Waals surface area (Å²) >= 11 is 6.07. The fourth-order valence-electron chi connectivity index (χ4n) is 2.13. The Morgan fingerprint density at radius 2 is 1.90 bits per heavy atom. The van der Waals surface area contributed by atoms with Crippen molar-refractivity contribution in [3.63, 3.8) is 0 Å². The maximum absolute atomic E-state index is 12.1. The lowest BCUT2D eigenvalue weighted by Crippen LogP contribution is -2.24. The van der Waals surface area contributed by atoms with E-state index in [1.165, 1.54) is 6.92 Å². The lowest BCUT2D eigenvalue weighted by atomic mass is 10.1. The number of nitrogens with zero attached hydrogens (tertiary/aromatic N) is 1. The second-order valence-electron chi connectivity index (χ2n) is 4.93. The number of ketones is 1. The maximum atomic E-state index is 12.1. The number of hydrogen-bond acceptors (Lipinski definition) is 3. The quantitative estimate of drug-likeness (QED) is 0.746. The largest absolute Gasteiger partial charge is 0.325 e. The Bertz CT molecular complexity index is 499. The summed E-state index contributed by atoms with van der Waals surface area (Å²) in [7, 11) is 0. The van der Waals surface area contributed by atoms with Crippen LogP contribution in [0.2, 0.25) is 5.02 Å². The Kier molecular flexibility index (Phi) is 7.40. The van der Waals surface area contributed by atoms with E-state index >= 15 is 0 Å². The van der Waals surface area contributed by atoms with Crippen LogP contribution in [0, 0.1) is 0 Å². The van der Waals surface area contributed by atoms with Gasteiger partial charge in [-0.3, -0.25) is 9.59 Å². The first-order chi connectivity index (χ1) is 9.97. The third kappa shape index (κ3) is 5.86. The molecular weight excluding hydrogens is 288 g/mol. The van der Waals surface area contributed by atoms with Crippen molar-refractivity contribution < 1.29 is 9.59 Å². The minimum Gasteiger partial charge on any atom is -0.325 e. The molecule has 0 aliphatic heterocycles. The fourth-order valence-corrected chi connectivity index (χ4v) is 2.35. The Labute approximate surface area is 131 Å². The van der Waals surface area contributed by atoms with E-state index in [4.69, 9.17) is 11.6 Å². The highest BCUT2D eigenvalue weighted by molar-refractivity contribution is 6.34. The average molecular weight is 311 g/mol. The number of rotatable bonds is 8. The van der Waals surface area contributed by atoms with Gasteiger partial charge in [0.1, 0.15) is 0 Å². The summed E-state index contributed by atoms with van der Waals surface area (Å²) in [5.41, 5.74) is 1.12. The van der Waals surface area contributed by atoms with Crippen molar-refractivity contribution in [3.05, 3.63) is 28.8 Å². The number of halogens is 1. The number of carbonyl (C=O) groups excluding carboxylic acids is 2. The molecule has 21 heavy (non-hydrogen) atoms. The predicted octanol–water partition coefficient (Wildman–Crippen LogP) is 3.60. The summed E-state index contributed by atoms with van der Waals surface area (Å²) in [4.78, 5) is 25.4.